The maximum absolute atomic E-state index is 5.64. The standard InChI is InChI=1S/C18H30N2O/c1-2-19-17(15-16-9-8-14-21-16)18(10-4-5-11-18)20-12-6-3-7-13-20/h8-9,14,17,19H,2-7,10-13,15H2,1H3. The zero-order chi connectivity index (χ0) is 14.5. The fourth-order valence-electron chi connectivity index (χ4n) is 4.54. The molecule has 0 aromatic carbocycles. The molecule has 1 saturated heterocycles. The minimum absolute atomic E-state index is 0.364. The third kappa shape index (κ3) is 3.19. The molecule has 0 bridgehead atoms. The summed E-state index contributed by atoms with van der Waals surface area (Å²) in [5.41, 5.74) is 0.364. The van der Waals surface area contributed by atoms with Gasteiger partial charge in [0.15, 0.2) is 0 Å². The number of furan rings is 1. The Balaban J connectivity index is 1.81. The monoisotopic (exact) mass is 290 g/mol. The van der Waals surface area contributed by atoms with E-state index in [1.54, 1.807) is 6.26 Å². The lowest BCUT2D eigenvalue weighted by Crippen LogP contribution is -2.61. The predicted octanol–water partition coefficient (Wildman–Crippen LogP) is 3.60. The van der Waals surface area contributed by atoms with Crippen molar-refractivity contribution in [2.75, 3.05) is 19.6 Å². The molecule has 1 aromatic heterocycles. The van der Waals surface area contributed by atoms with E-state index in [2.05, 4.69) is 23.2 Å². The van der Waals surface area contributed by atoms with Gasteiger partial charge in [0.25, 0.3) is 0 Å². The highest BCUT2D eigenvalue weighted by atomic mass is 16.3. The van der Waals surface area contributed by atoms with E-state index in [1.807, 2.05) is 6.07 Å². The molecule has 2 aliphatic rings. The highest BCUT2D eigenvalue weighted by molar-refractivity contribution is 5.10. The molecule has 1 aliphatic carbocycles. The summed E-state index contributed by atoms with van der Waals surface area (Å²) in [5, 5.41) is 3.80. The summed E-state index contributed by atoms with van der Waals surface area (Å²) in [5.74, 6) is 1.13. The molecule has 3 nitrogen and oxygen atoms in total. The van der Waals surface area contributed by atoms with Gasteiger partial charge in [0.2, 0.25) is 0 Å². The van der Waals surface area contributed by atoms with Crippen molar-refractivity contribution in [3.05, 3.63) is 24.2 Å². The Morgan fingerprint density at radius 1 is 1.19 bits per heavy atom. The lowest BCUT2D eigenvalue weighted by Gasteiger charge is -2.48. The Morgan fingerprint density at radius 3 is 2.57 bits per heavy atom. The van der Waals surface area contributed by atoms with Crippen molar-refractivity contribution in [2.45, 2.75) is 69.9 Å². The Hall–Kier alpha value is -0.800. The van der Waals surface area contributed by atoms with E-state index in [9.17, 15) is 0 Å². The number of rotatable bonds is 6. The van der Waals surface area contributed by atoms with Crippen LogP contribution in [0.3, 0.4) is 0 Å². The number of nitrogens with one attached hydrogen (secondary N) is 1. The van der Waals surface area contributed by atoms with Crippen LogP contribution in [0.15, 0.2) is 22.8 Å². The molecule has 21 heavy (non-hydrogen) atoms. The van der Waals surface area contributed by atoms with Crippen LogP contribution in [-0.4, -0.2) is 36.1 Å². The Labute approximate surface area is 129 Å². The van der Waals surface area contributed by atoms with Crippen LogP contribution >= 0.6 is 0 Å². The third-order valence-corrected chi connectivity index (χ3v) is 5.54. The summed E-state index contributed by atoms with van der Waals surface area (Å²) >= 11 is 0. The van der Waals surface area contributed by atoms with Crippen LogP contribution < -0.4 is 5.32 Å². The van der Waals surface area contributed by atoms with Gasteiger partial charge >= 0.3 is 0 Å². The van der Waals surface area contributed by atoms with Crippen molar-refractivity contribution in [3.8, 4) is 0 Å². The minimum atomic E-state index is 0.364. The molecule has 1 atom stereocenters. The molecule has 3 heteroatoms. The molecule has 1 aromatic rings. The van der Waals surface area contributed by atoms with Crippen LogP contribution in [0, 0.1) is 0 Å². The van der Waals surface area contributed by atoms with Crippen molar-refractivity contribution >= 4 is 0 Å². The van der Waals surface area contributed by atoms with Gasteiger partial charge in [-0.25, -0.2) is 0 Å². The fourth-order valence-corrected chi connectivity index (χ4v) is 4.54. The van der Waals surface area contributed by atoms with Crippen LogP contribution in [0.4, 0.5) is 0 Å². The highest BCUT2D eigenvalue weighted by Crippen LogP contribution is 2.40. The Morgan fingerprint density at radius 2 is 1.95 bits per heavy atom. The predicted molar refractivity (Wildman–Crippen MR) is 86.5 cm³/mol. The molecular weight excluding hydrogens is 260 g/mol. The van der Waals surface area contributed by atoms with Gasteiger partial charge in [-0.15, -0.1) is 0 Å². The maximum Gasteiger partial charge on any atom is 0.105 e. The minimum Gasteiger partial charge on any atom is -0.469 e. The van der Waals surface area contributed by atoms with Gasteiger partial charge in [-0.05, 0) is 57.5 Å². The molecule has 0 amide bonds. The molecule has 1 N–H and O–H groups in total. The van der Waals surface area contributed by atoms with Crippen molar-refractivity contribution in [1.82, 2.24) is 10.2 Å². The molecule has 0 spiro atoms. The quantitative estimate of drug-likeness (QED) is 0.867. The van der Waals surface area contributed by atoms with E-state index in [0.29, 0.717) is 11.6 Å². The topological polar surface area (TPSA) is 28.4 Å². The van der Waals surface area contributed by atoms with Gasteiger partial charge in [-0.1, -0.05) is 26.2 Å². The normalized spacial score (nSPS) is 24.2. The second-order valence-corrected chi connectivity index (χ2v) is 6.75. The van der Waals surface area contributed by atoms with Gasteiger partial charge in [-0.2, -0.15) is 0 Å². The molecule has 118 valence electrons. The molecule has 1 saturated carbocycles. The average Bonchev–Trinajstić information content (AvgIpc) is 3.20. The Kier molecular flexibility index (Phi) is 5.02. The van der Waals surface area contributed by atoms with E-state index >= 15 is 0 Å². The molecule has 2 fully saturated rings. The molecule has 2 heterocycles. The number of likely N-dealkylation sites (N-methyl/N-ethyl adjacent to an activating group) is 1. The largest absolute Gasteiger partial charge is 0.469 e. The summed E-state index contributed by atoms with van der Waals surface area (Å²) in [6, 6.07) is 4.67. The fraction of sp³-hybridized carbons (Fsp3) is 0.778. The van der Waals surface area contributed by atoms with Crippen LogP contribution in [0.25, 0.3) is 0 Å². The zero-order valence-corrected chi connectivity index (χ0v) is 13.4. The van der Waals surface area contributed by atoms with E-state index in [4.69, 9.17) is 4.42 Å². The number of piperidine rings is 1. The molecule has 1 aliphatic heterocycles. The maximum atomic E-state index is 5.64. The zero-order valence-electron chi connectivity index (χ0n) is 13.4. The number of likely N-dealkylation sites (tertiary alicyclic amines) is 1. The van der Waals surface area contributed by atoms with E-state index in [-0.39, 0.29) is 0 Å². The van der Waals surface area contributed by atoms with Gasteiger partial charge in [-0.3, -0.25) is 4.90 Å². The lowest BCUT2D eigenvalue weighted by molar-refractivity contribution is 0.0356. The lowest BCUT2D eigenvalue weighted by atomic mass is 9.82. The first kappa shape index (κ1) is 15.1. The second kappa shape index (κ2) is 6.97. The van der Waals surface area contributed by atoms with Crippen LogP contribution in [0.5, 0.6) is 0 Å². The van der Waals surface area contributed by atoms with Crippen LogP contribution in [0.2, 0.25) is 0 Å². The van der Waals surface area contributed by atoms with Crippen molar-refractivity contribution in [2.24, 2.45) is 0 Å². The van der Waals surface area contributed by atoms with Crippen molar-refractivity contribution in [3.63, 3.8) is 0 Å². The Bertz CT molecular complexity index is 403. The summed E-state index contributed by atoms with van der Waals surface area (Å²) in [6.07, 6.45) is 12.5. The number of nitrogens with zero attached hydrogens (tertiary/aromatic N) is 1. The molecule has 3 rings (SSSR count). The first-order valence-electron chi connectivity index (χ1n) is 8.86. The van der Waals surface area contributed by atoms with Gasteiger partial charge in [0.1, 0.15) is 5.76 Å². The summed E-state index contributed by atoms with van der Waals surface area (Å²) in [7, 11) is 0. The van der Waals surface area contributed by atoms with Gasteiger partial charge < -0.3 is 9.73 Å². The van der Waals surface area contributed by atoms with Gasteiger partial charge in [0, 0.05) is 18.0 Å². The van der Waals surface area contributed by atoms with E-state index in [1.165, 1.54) is 58.0 Å². The summed E-state index contributed by atoms with van der Waals surface area (Å²) in [4.78, 5) is 2.82. The molecular formula is C18H30N2O. The second-order valence-electron chi connectivity index (χ2n) is 6.75. The first-order valence-corrected chi connectivity index (χ1v) is 8.86. The SMILES string of the molecule is CCNC(Cc1ccco1)C1(N2CCCCC2)CCCC1. The van der Waals surface area contributed by atoms with E-state index < -0.39 is 0 Å². The van der Waals surface area contributed by atoms with E-state index in [0.717, 1.165) is 18.7 Å². The third-order valence-electron chi connectivity index (χ3n) is 5.54. The average molecular weight is 290 g/mol. The molecule has 0 radical (unpaired) electrons. The van der Waals surface area contributed by atoms with Gasteiger partial charge in [0.05, 0.1) is 6.26 Å². The van der Waals surface area contributed by atoms with Crippen molar-refractivity contribution in [1.29, 1.82) is 0 Å². The molecule has 1 unspecified atom stereocenters. The smallest absolute Gasteiger partial charge is 0.105 e. The summed E-state index contributed by atoms with van der Waals surface area (Å²) in [6.45, 7) is 5.86. The van der Waals surface area contributed by atoms with Crippen LogP contribution in [-0.2, 0) is 6.42 Å². The summed E-state index contributed by atoms with van der Waals surface area (Å²) < 4.78 is 5.64. The number of hydrogen-bond acceptors (Lipinski definition) is 3. The number of hydrogen-bond donors (Lipinski definition) is 1. The van der Waals surface area contributed by atoms with Crippen molar-refractivity contribution < 1.29 is 4.42 Å². The van der Waals surface area contributed by atoms with Crippen LogP contribution in [0.1, 0.15) is 57.6 Å². The first-order chi connectivity index (χ1) is 10.3. The highest BCUT2D eigenvalue weighted by Gasteiger charge is 2.45.